The first-order valence-electron chi connectivity index (χ1n) is 7.03. The maximum absolute atomic E-state index is 10.0. The van der Waals surface area contributed by atoms with E-state index < -0.39 is 68.0 Å². The van der Waals surface area contributed by atoms with Crippen LogP contribution >= 0.6 is 0 Å². The zero-order valence-electron chi connectivity index (χ0n) is 11.5. The lowest BCUT2D eigenvalue weighted by Crippen LogP contribution is -2.62. The molecule has 3 saturated heterocycles. The summed E-state index contributed by atoms with van der Waals surface area (Å²) in [6.45, 7) is -0.507. The van der Waals surface area contributed by atoms with E-state index in [1.807, 2.05) is 0 Å². The van der Waals surface area contributed by atoms with E-state index in [0.717, 1.165) is 0 Å². The fourth-order valence-electron chi connectivity index (χ4n) is 2.87. The van der Waals surface area contributed by atoms with E-state index in [4.69, 9.17) is 24.1 Å². The zero-order chi connectivity index (χ0) is 16.0. The van der Waals surface area contributed by atoms with Crippen LogP contribution < -0.4 is 0 Å². The van der Waals surface area contributed by atoms with E-state index in [1.54, 1.807) is 0 Å². The first-order chi connectivity index (χ1) is 10.4. The number of ether oxygens (including phenoxy) is 4. The minimum absolute atomic E-state index is 0.0842. The van der Waals surface area contributed by atoms with Gasteiger partial charge in [0.2, 0.25) is 0 Å². The number of hydrogen-bond acceptors (Lipinski definition) is 10. The highest BCUT2D eigenvalue weighted by atomic mass is 16.8. The van der Waals surface area contributed by atoms with Crippen molar-refractivity contribution >= 4 is 0 Å². The molecule has 0 unspecified atom stereocenters. The summed E-state index contributed by atoms with van der Waals surface area (Å²) in [5.74, 6) is 0. The lowest BCUT2D eigenvalue weighted by molar-refractivity contribution is -0.337. The van der Waals surface area contributed by atoms with Crippen molar-refractivity contribution < 1.29 is 49.6 Å². The lowest BCUT2D eigenvalue weighted by Gasteiger charge is -2.43. The number of fused-ring (bicyclic) bond motifs is 2. The van der Waals surface area contributed by atoms with E-state index in [0.29, 0.717) is 0 Å². The minimum Gasteiger partial charge on any atom is -0.394 e. The molecule has 3 aliphatic rings. The molecule has 2 bridgehead atoms. The summed E-state index contributed by atoms with van der Waals surface area (Å²) >= 11 is 0. The Balaban J connectivity index is 1.71. The van der Waals surface area contributed by atoms with E-state index in [9.17, 15) is 25.5 Å². The van der Waals surface area contributed by atoms with Crippen molar-refractivity contribution in [1.29, 1.82) is 0 Å². The first kappa shape index (κ1) is 16.5. The van der Waals surface area contributed by atoms with Gasteiger partial charge in [-0.15, -0.1) is 0 Å². The Labute approximate surface area is 125 Å². The van der Waals surface area contributed by atoms with Crippen LogP contribution in [0.1, 0.15) is 0 Å². The van der Waals surface area contributed by atoms with Gasteiger partial charge in [-0.2, -0.15) is 0 Å². The Kier molecular flexibility index (Phi) is 4.67. The quantitative estimate of drug-likeness (QED) is 0.299. The van der Waals surface area contributed by atoms with Gasteiger partial charge in [-0.3, -0.25) is 0 Å². The van der Waals surface area contributed by atoms with Crippen molar-refractivity contribution in [3.63, 3.8) is 0 Å². The highest BCUT2D eigenvalue weighted by Crippen LogP contribution is 2.32. The Morgan fingerprint density at radius 2 is 1.59 bits per heavy atom. The molecular formula is C12H20O10. The standard InChI is InChI=1S/C12H20O10/c13-1-3-5(14)6(15)8(17)12(20-3)22-10-4-2-19-11(21-4)9(18)7(10)16/h3-18H,1-2H2/t3-,4-,5-,6+,7+,8-,9-,10-,11-,12-/m1/s1. The summed E-state index contributed by atoms with van der Waals surface area (Å²) in [5.41, 5.74) is 0. The molecule has 128 valence electrons. The second-order valence-corrected chi connectivity index (χ2v) is 5.66. The van der Waals surface area contributed by atoms with Crippen LogP contribution in [0.2, 0.25) is 0 Å². The molecule has 0 aromatic rings. The van der Waals surface area contributed by atoms with Gasteiger partial charge >= 0.3 is 0 Å². The average molecular weight is 324 g/mol. The second kappa shape index (κ2) is 6.24. The molecule has 0 spiro atoms. The number of aliphatic hydroxyl groups excluding tert-OH is 6. The molecule has 22 heavy (non-hydrogen) atoms. The predicted octanol–water partition coefficient (Wildman–Crippen LogP) is -4.35. The first-order valence-corrected chi connectivity index (χ1v) is 7.03. The smallest absolute Gasteiger partial charge is 0.187 e. The van der Waals surface area contributed by atoms with Gasteiger partial charge in [0.1, 0.15) is 48.8 Å². The molecule has 0 amide bonds. The van der Waals surface area contributed by atoms with Crippen molar-refractivity contribution in [2.24, 2.45) is 0 Å². The van der Waals surface area contributed by atoms with Gasteiger partial charge in [-0.25, -0.2) is 0 Å². The summed E-state index contributed by atoms with van der Waals surface area (Å²) in [7, 11) is 0. The van der Waals surface area contributed by atoms with Gasteiger partial charge < -0.3 is 49.6 Å². The molecule has 0 aliphatic carbocycles. The normalized spacial score (nSPS) is 55.4. The molecule has 6 N–H and O–H groups in total. The molecule has 3 rings (SSSR count). The van der Waals surface area contributed by atoms with Crippen LogP contribution in [0.25, 0.3) is 0 Å². The Morgan fingerprint density at radius 3 is 2.27 bits per heavy atom. The molecule has 10 atom stereocenters. The molecular weight excluding hydrogens is 304 g/mol. The van der Waals surface area contributed by atoms with Gasteiger partial charge in [0, 0.05) is 0 Å². The molecule has 3 aliphatic heterocycles. The van der Waals surface area contributed by atoms with Crippen LogP contribution in [0.5, 0.6) is 0 Å². The second-order valence-electron chi connectivity index (χ2n) is 5.66. The van der Waals surface area contributed by atoms with Gasteiger partial charge in [0.15, 0.2) is 12.6 Å². The highest BCUT2D eigenvalue weighted by molar-refractivity contribution is 4.96. The third-order valence-electron chi connectivity index (χ3n) is 4.21. The van der Waals surface area contributed by atoms with Gasteiger partial charge in [-0.05, 0) is 0 Å². The number of hydrogen-bond donors (Lipinski definition) is 6. The third kappa shape index (κ3) is 2.65. The Hall–Kier alpha value is -0.400. The van der Waals surface area contributed by atoms with Crippen LogP contribution in [-0.2, 0) is 18.9 Å². The number of aliphatic hydroxyl groups is 6. The molecule has 0 radical (unpaired) electrons. The predicted molar refractivity (Wildman–Crippen MR) is 65.3 cm³/mol. The highest BCUT2D eigenvalue weighted by Gasteiger charge is 2.53. The number of rotatable bonds is 3. The van der Waals surface area contributed by atoms with Gasteiger partial charge in [0.05, 0.1) is 13.2 Å². The van der Waals surface area contributed by atoms with E-state index in [2.05, 4.69) is 0 Å². The van der Waals surface area contributed by atoms with Crippen molar-refractivity contribution in [3.05, 3.63) is 0 Å². The van der Waals surface area contributed by atoms with Crippen LogP contribution in [0.3, 0.4) is 0 Å². The Morgan fingerprint density at radius 1 is 0.864 bits per heavy atom. The van der Waals surface area contributed by atoms with Gasteiger partial charge in [0.25, 0.3) is 0 Å². The summed E-state index contributed by atoms with van der Waals surface area (Å²) < 4.78 is 21.1. The van der Waals surface area contributed by atoms with Gasteiger partial charge in [-0.1, -0.05) is 0 Å². The molecule has 10 nitrogen and oxygen atoms in total. The van der Waals surface area contributed by atoms with Crippen LogP contribution in [0.4, 0.5) is 0 Å². The van der Waals surface area contributed by atoms with Crippen LogP contribution in [0.15, 0.2) is 0 Å². The Bertz CT molecular complexity index is 392. The van der Waals surface area contributed by atoms with Crippen molar-refractivity contribution in [1.82, 2.24) is 0 Å². The molecule has 3 heterocycles. The van der Waals surface area contributed by atoms with Crippen molar-refractivity contribution in [3.8, 4) is 0 Å². The van der Waals surface area contributed by atoms with Crippen LogP contribution in [-0.4, -0.2) is 105 Å². The molecule has 0 aromatic carbocycles. The molecule has 10 heteroatoms. The van der Waals surface area contributed by atoms with Crippen molar-refractivity contribution in [2.45, 2.75) is 61.4 Å². The molecule has 3 fully saturated rings. The SMILES string of the molecule is OC[C@H]1O[C@H](O[C@H]2[C@@H](O)[C@@H](O)[C@@H]3OC[C@H]2O3)[C@H](O)[C@@H](O)[C@@H]1O. The summed E-state index contributed by atoms with van der Waals surface area (Å²) in [6, 6.07) is 0. The van der Waals surface area contributed by atoms with E-state index >= 15 is 0 Å². The average Bonchev–Trinajstić information content (AvgIpc) is 2.96. The van der Waals surface area contributed by atoms with E-state index in [1.165, 1.54) is 0 Å². The topological polar surface area (TPSA) is 158 Å². The minimum atomic E-state index is -1.60. The summed E-state index contributed by atoms with van der Waals surface area (Å²) in [6.07, 6.45) is -12.5. The lowest BCUT2D eigenvalue weighted by atomic mass is 9.98. The molecule has 0 aromatic heterocycles. The maximum atomic E-state index is 10.0. The monoisotopic (exact) mass is 324 g/mol. The van der Waals surface area contributed by atoms with Crippen LogP contribution in [0, 0.1) is 0 Å². The maximum Gasteiger partial charge on any atom is 0.187 e. The molecule has 0 saturated carbocycles. The van der Waals surface area contributed by atoms with E-state index in [-0.39, 0.29) is 6.61 Å². The summed E-state index contributed by atoms with van der Waals surface area (Å²) in [4.78, 5) is 0. The third-order valence-corrected chi connectivity index (χ3v) is 4.21. The fourth-order valence-corrected chi connectivity index (χ4v) is 2.87. The summed E-state index contributed by atoms with van der Waals surface area (Å²) in [5, 5.41) is 58.3. The van der Waals surface area contributed by atoms with Crippen molar-refractivity contribution in [2.75, 3.05) is 13.2 Å². The fraction of sp³-hybridized carbons (Fsp3) is 1.00. The zero-order valence-corrected chi connectivity index (χ0v) is 11.5. The largest absolute Gasteiger partial charge is 0.394 e.